The third-order valence-electron chi connectivity index (χ3n) is 5.03. The molecule has 7 nitrogen and oxygen atoms in total. The number of aromatic nitrogens is 1. The zero-order valence-electron chi connectivity index (χ0n) is 19.1. The number of aliphatic imine (C=N–C) groups is 2. The van der Waals surface area contributed by atoms with E-state index in [9.17, 15) is 13.2 Å². The zero-order valence-corrected chi connectivity index (χ0v) is 19.9. The summed E-state index contributed by atoms with van der Waals surface area (Å²) in [5.74, 6) is 0.599. The van der Waals surface area contributed by atoms with Gasteiger partial charge in [0.15, 0.2) is 0 Å². The molecule has 0 amide bonds. The molecule has 0 saturated heterocycles. The number of rotatable bonds is 9. The number of anilines is 1. The number of nitrogens with two attached hydrogens (primary N) is 1. The molecule has 1 aromatic carbocycles. The Morgan fingerprint density at radius 3 is 2.65 bits per heavy atom. The first-order chi connectivity index (χ1) is 16.1. The van der Waals surface area contributed by atoms with Crippen LogP contribution in [0.15, 0.2) is 34.3 Å². The van der Waals surface area contributed by atoms with Crippen molar-refractivity contribution in [2.45, 2.75) is 45.0 Å². The van der Waals surface area contributed by atoms with Crippen molar-refractivity contribution in [1.29, 1.82) is 0 Å². The van der Waals surface area contributed by atoms with Crippen LogP contribution in [0, 0.1) is 0 Å². The Hall–Kier alpha value is -2.85. The Morgan fingerprint density at radius 1 is 1.29 bits per heavy atom. The van der Waals surface area contributed by atoms with Gasteiger partial charge in [-0.3, -0.25) is 9.98 Å². The number of alkyl halides is 3. The molecule has 11 heteroatoms. The number of nitrogens with zero attached hydrogens (tertiary/aromatic N) is 3. The van der Waals surface area contributed by atoms with Crippen molar-refractivity contribution >= 4 is 35.2 Å². The lowest BCUT2D eigenvalue weighted by atomic mass is 10.1. The minimum absolute atomic E-state index is 0.222. The second kappa shape index (κ2) is 11.1. The second-order valence-electron chi connectivity index (χ2n) is 7.75. The van der Waals surface area contributed by atoms with E-state index < -0.39 is 17.9 Å². The third-order valence-corrected chi connectivity index (χ3v) is 5.32. The standard InChI is InChI=1S/C23H27ClF3N5O2/c1-4-30-18-12-17(24)19(34-8-7-33-15-5-6-15)11-16(18)22(29-3)31-13(2)14-9-20(23(25,26)27)32-21(28)10-14/h4,9-13,15H,5-8H2,1-3H3,(H2,28,32)(H,29,31)/t13-/m1/s1. The van der Waals surface area contributed by atoms with Crippen LogP contribution in [0.3, 0.4) is 0 Å². The molecular weight excluding hydrogens is 471 g/mol. The molecule has 1 aromatic heterocycles. The molecule has 3 rings (SSSR count). The molecule has 0 radical (unpaired) electrons. The average Bonchev–Trinajstić information content (AvgIpc) is 3.60. The van der Waals surface area contributed by atoms with Crippen molar-refractivity contribution in [2.75, 3.05) is 26.0 Å². The summed E-state index contributed by atoms with van der Waals surface area (Å²) in [6.07, 6.45) is -0.541. The van der Waals surface area contributed by atoms with Gasteiger partial charge in [-0.2, -0.15) is 13.2 Å². The number of ether oxygens (including phenoxy) is 2. The van der Waals surface area contributed by atoms with Crippen LogP contribution in [-0.2, 0) is 10.9 Å². The molecule has 0 unspecified atom stereocenters. The van der Waals surface area contributed by atoms with Gasteiger partial charge in [-0.15, -0.1) is 0 Å². The van der Waals surface area contributed by atoms with Crippen LogP contribution in [0.2, 0.25) is 5.02 Å². The van der Waals surface area contributed by atoms with E-state index in [1.54, 1.807) is 39.2 Å². The number of amidine groups is 1. The normalized spacial score (nSPS) is 15.6. The van der Waals surface area contributed by atoms with E-state index >= 15 is 0 Å². The van der Waals surface area contributed by atoms with Gasteiger partial charge in [0.1, 0.15) is 29.7 Å². The fraction of sp³-hybridized carbons (Fsp3) is 0.435. The summed E-state index contributed by atoms with van der Waals surface area (Å²) in [5, 5.41) is 3.51. The minimum atomic E-state index is -4.61. The van der Waals surface area contributed by atoms with Gasteiger partial charge in [0.05, 0.1) is 29.5 Å². The molecule has 0 bridgehead atoms. The van der Waals surface area contributed by atoms with Crippen molar-refractivity contribution in [1.82, 2.24) is 10.3 Å². The van der Waals surface area contributed by atoms with Gasteiger partial charge in [-0.25, -0.2) is 4.98 Å². The summed E-state index contributed by atoms with van der Waals surface area (Å²) in [6.45, 7) is 4.23. The van der Waals surface area contributed by atoms with Crippen LogP contribution in [0.5, 0.6) is 5.75 Å². The predicted octanol–water partition coefficient (Wildman–Crippen LogP) is 5.34. The predicted molar refractivity (Wildman–Crippen MR) is 127 cm³/mol. The first-order valence-corrected chi connectivity index (χ1v) is 11.1. The summed E-state index contributed by atoms with van der Waals surface area (Å²) in [5.41, 5.74) is 5.98. The van der Waals surface area contributed by atoms with E-state index in [-0.39, 0.29) is 5.82 Å². The maximum Gasteiger partial charge on any atom is 0.433 e. The molecule has 1 saturated carbocycles. The van der Waals surface area contributed by atoms with Crippen LogP contribution >= 0.6 is 11.6 Å². The van der Waals surface area contributed by atoms with Crippen molar-refractivity contribution in [2.24, 2.45) is 9.98 Å². The van der Waals surface area contributed by atoms with Crippen molar-refractivity contribution in [3.8, 4) is 5.75 Å². The highest BCUT2D eigenvalue weighted by molar-refractivity contribution is 6.32. The highest BCUT2D eigenvalue weighted by atomic mass is 35.5. The van der Waals surface area contributed by atoms with Crippen LogP contribution in [0.4, 0.5) is 24.7 Å². The van der Waals surface area contributed by atoms with Gasteiger partial charge in [0, 0.05) is 18.8 Å². The summed E-state index contributed by atoms with van der Waals surface area (Å²) >= 11 is 6.39. The Morgan fingerprint density at radius 2 is 2.03 bits per heavy atom. The SMILES string of the molecule is CC=Nc1cc(Cl)c(OCCOC2CC2)cc1C(=NC)N[C@H](C)c1cc(N)nc(C(F)(F)F)c1. The molecule has 0 spiro atoms. The van der Waals surface area contributed by atoms with E-state index in [2.05, 4.69) is 20.3 Å². The summed E-state index contributed by atoms with van der Waals surface area (Å²) < 4.78 is 51.0. The fourth-order valence-electron chi connectivity index (χ4n) is 3.21. The zero-order chi connectivity index (χ0) is 24.9. The van der Waals surface area contributed by atoms with Crippen LogP contribution in [0.1, 0.15) is 49.6 Å². The molecule has 1 aliphatic carbocycles. The largest absolute Gasteiger partial charge is 0.490 e. The molecule has 1 aliphatic rings. The van der Waals surface area contributed by atoms with E-state index in [4.69, 9.17) is 26.8 Å². The summed E-state index contributed by atoms with van der Waals surface area (Å²) in [7, 11) is 1.56. The van der Waals surface area contributed by atoms with E-state index in [1.165, 1.54) is 6.07 Å². The minimum Gasteiger partial charge on any atom is -0.490 e. The summed E-state index contributed by atoms with van der Waals surface area (Å²) in [6, 6.07) is 5.13. The number of nitrogens with one attached hydrogen (secondary N) is 1. The lowest BCUT2D eigenvalue weighted by Gasteiger charge is -2.20. The van der Waals surface area contributed by atoms with E-state index in [0.29, 0.717) is 52.7 Å². The molecule has 1 fully saturated rings. The van der Waals surface area contributed by atoms with Gasteiger partial charge in [0.2, 0.25) is 0 Å². The van der Waals surface area contributed by atoms with Gasteiger partial charge >= 0.3 is 6.18 Å². The van der Waals surface area contributed by atoms with Gasteiger partial charge in [0.25, 0.3) is 0 Å². The molecule has 0 aliphatic heterocycles. The Kier molecular flexibility index (Phi) is 8.37. The Bertz CT molecular complexity index is 1070. The molecular formula is C23H27ClF3N5O2. The molecule has 34 heavy (non-hydrogen) atoms. The number of benzene rings is 1. The first-order valence-electron chi connectivity index (χ1n) is 10.8. The smallest absolute Gasteiger partial charge is 0.433 e. The average molecular weight is 498 g/mol. The molecule has 3 N–H and O–H groups in total. The van der Waals surface area contributed by atoms with Crippen molar-refractivity contribution in [3.63, 3.8) is 0 Å². The number of hydrogen-bond acceptors (Lipinski definition) is 6. The Balaban J connectivity index is 1.85. The molecule has 1 heterocycles. The third kappa shape index (κ3) is 6.83. The summed E-state index contributed by atoms with van der Waals surface area (Å²) in [4.78, 5) is 12.0. The maximum absolute atomic E-state index is 13.2. The van der Waals surface area contributed by atoms with Crippen LogP contribution in [-0.4, -0.2) is 43.4 Å². The fourth-order valence-corrected chi connectivity index (χ4v) is 3.42. The first kappa shape index (κ1) is 25.8. The van der Waals surface area contributed by atoms with Crippen molar-refractivity contribution < 1.29 is 22.6 Å². The molecule has 184 valence electrons. The quantitative estimate of drug-likeness (QED) is 0.277. The van der Waals surface area contributed by atoms with Crippen molar-refractivity contribution in [3.05, 3.63) is 46.1 Å². The number of hydrogen-bond donors (Lipinski definition) is 2. The second-order valence-corrected chi connectivity index (χ2v) is 8.16. The van der Waals surface area contributed by atoms with Gasteiger partial charge < -0.3 is 20.5 Å². The molecule has 2 aromatic rings. The monoisotopic (exact) mass is 497 g/mol. The number of halogens is 4. The number of pyridine rings is 1. The maximum atomic E-state index is 13.2. The van der Waals surface area contributed by atoms with E-state index in [0.717, 1.165) is 18.9 Å². The molecule has 1 atom stereocenters. The highest BCUT2D eigenvalue weighted by Gasteiger charge is 2.33. The van der Waals surface area contributed by atoms with Crippen LogP contribution in [0.25, 0.3) is 0 Å². The Labute approximate surface area is 201 Å². The van der Waals surface area contributed by atoms with E-state index in [1.807, 2.05) is 0 Å². The lowest BCUT2D eigenvalue weighted by molar-refractivity contribution is -0.141. The van der Waals surface area contributed by atoms with Gasteiger partial charge in [-0.05, 0) is 56.5 Å². The topological polar surface area (TPSA) is 94.1 Å². The lowest BCUT2D eigenvalue weighted by Crippen LogP contribution is -2.28. The highest BCUT2D eigenvalue weighted by Crippen LogP contribution is 2.34. The van der Waals surface area contributed by atoms with Crippen LogP contribution < -0.4 is 15.8 Å². The number of nitrogen functional groups attached to an aromatic ring is 1. The van der Waals surface area contributed by atoms with Gasteiger partial charge in [-0.1, -0.05) is 11.6 Å².